The largest absolute Gasteiger partial charge is 0.345 e. The summed E-state index contributed by atoms with van der Waals surface area (Å²) in [6.45, 7) is 6.32. The summed E-state index contributed by atoms with van der Waals surface area (Å²) in [7, 11) is 0. The molecule has 3 nitrogen and oxygen atoms in total. The van der Waals surface area contributed by atoms with E-state index in [4.69, 9.17) is 4.89 Å². The Balaban J connectivity index is 3.31. The zero-order valence-corrected chi connectivity index (χ0v) is 8.13. The molecule has 0 bridgehead atoms. The van der Waals surface area contributed by atoms with Crippen LogP contribution in [0.1, 0.15) is 40.0 Å². The molecule has 72 valence electrons. The molecule has 0 spiro atoms. The predicted molar refractivity (Wildman–Crippen MR) is 46.4 cm³/mol. The molecule has 1 atom stereocenters. The fourth-order valence-corrected chi connectivity index (χ4v) is 0.552. The van der Waals surface area contributed by atoms with E-state index in [0.29, 0.717) is 6.61 Å². The Bertz CT molecular complexity index is 123. The van der Waals surface area contributed by atoms with Gasteiger partial charge in [0.15, 0.2) is 0 Å². The maximum Gasteiger partial charge on any atom is 0.345 e. The molecule has 0 aromatic rings. The van der Waals surface area contributed by atoms with Gasteiger partial charge in [0, 0.05) is 0 Å². The van der Waals surface area contributed by atoms with Gasteiger partial charge in [-0.05, 0) is 12.8 Å². The fraction of sp³-hybridized carbons (Fsp3) is 0.889. The third kappa shape index (κ3) is 5.13. The Morgan fingerprint density at radius 1 is 1.42 bits per heavy atom. The molecular formula is C9H18O3. The van der Waals surface area contributed by atoms with E-state index in [2.05, 4.69) is 11.8 Å². The van der Waals surface area contributed by atoms with Crippen LogP contribution in [-0.4, -0.2) is 12.6 Å². The first kappa shape index (κ1) is 11.4. The van der Waals surface area contributed by atoms with Crippen molar-refractivity contribution in [3.05, 3.63) is 0 Å². The van der Waals surface area contributed by atoms with Crippen LogP contribution in [0.2, 0.25) is 0 Å². The quantitative estimate of drug-likeness (QED) is 0.352. The van der Waals surface area contributed by atoms with E-state index in [1.807, 2.05) is 13.8 Å². The average Bonchev–Trinajstić information content (AvgIpc) is 2.10. The van der Waals surface area contributed by atoms with Crippen LogP contribution in [0.15, 0.2) is 0 Å². The number of hydrogen-bond acceptors (Lipinski definition) is 3. The van der Waals surface area contributed by atoms with Gasteiger partial charge in [-0.1, -0.05) is 27.2 Å². The lowest BCUT2D eigenvalue weighted by Gasteiger charge is -2.06. The van der Waals surface area contributed by atoms with Crippen LogP contribution in [0.4, 0.5) is 0 Å². The molecule has 1 unspecified atom stereocenters. The number of hydrogen-bond donors (Lipinski definition) is 0. The first-order chi connectivity index (χ1) is 5.72. The van der Waals surface area contributed by atoms with Crippen LogP contribution < -0.4 is 0 Å². The van der Waals surface area contributed by atoms with Crippen molar-refractivity contribution in [3.8, 4) is 0 Å². The second-order valence-corrected chi connectivity index (χ2v) is 2.89. The summed E-state index contributed by atoms with van der Waals surface area (Å²) in [5.41, 5.74) is 0. The SMILES string of the molecule is CCCCOOC(=O)C(C)CC. The molecule has 0 N–H and O–H groups in total. The highest BCUT2D eigenvalue weighted by molar-refractivity contribution is 5.71. The summed E-state index contributed by atoms with van der Waals surface area (Å²) in [5, 5.41) is 0. The van der Waals surface area contributed by atoms with Gasteiger partial charge in [-0.3, -0.25) is 4.89 Å². The van der Waals surface area contributed by atoms with Gasteiger partial charge in [0.2, 0.25) is 0 Å². The van der Waals surface area contributed by atoms with Gasteiger partial charge in [-0.25, -0.2) is 4.79 Å². The minimum Gasteiger partial charge on any atom is -0.298 e. The molecule has 0 aliphatic rings. The minimum atomic E-state index is -0.270. The van der Waals surface area contributed by atoms with E-state index in [-0.39, 0.29) is 11.9 Å². The van der Waals surface area contributed by atoms with E-state index in [9.17, 15) is 4.79 Å². The van der Waals surface area contributed by atoms with Crippen molar-refractivity contribution in [1.82, 2.24) is 0 Å². The smallest absolute Gasteiger partial charge is 0.298 e. The van der Waals surface area contributed by atoms with Crippen molar-refractivity contribution in [2.45, 2.75) is 40.0 Å². The molecular weight excluding hydrogens is 156 g/mol. The third-order valence-corrected chi connectivity index (χ3v) is 1.74. The van der Waals surface area contributed by atoms with Crippen LogP contribution in [0.5, 0.6) is 0 Å². The number of carbonyl (C=O) groups excluding carboxylic acids is 1. The Labute approximate surface area is 74.0 Å². The molecule has 0 aliphatic carbocycles. The van der Waals surface area contributed by atoms with Crippen molar-refractivity contribution in [2.75, 3.05) is 6.61 Å². The van der Waals surface area contributed by atoms with Gasteiger partial charge in [0.1, 0.15) is 0 Å². The van der Waals surface area contributed by atoms with Crippen molar-refractivity contribution in [2.24, 2.45) is 5.92 Å². The summed E-state index contributed by atoms with van der Waals surface area (Å²) in [4.78, 5) is 20.3. The van der Waals surface area contributed by atoms with Crippen LogP contribution in [0.25, 0.3) is 0 Å². The molecule has 0 aromatic heterocycles. The first-order valence-electron chi connectivity index (χ1n) is 4.55. The zero-order valence-electron chi connectivity index (χ0n) is 8.13. The van der Waals surface area contributed by atoms with Crippen molar-refractivity contribution >= 4 is 5.97 Å². The molecule has 0 aliphatic heterocycles. The second kappa shape index (κ2) is 7.10. The van der Waals surface area contributed by atoms with Crippen molar-refractivity contribution in [3.63, 3.8) is 0 Å². The topological polar surface area (TPSA) is 35.5 Å². The lowest BCUT2D eigenvalue weighted by atomic mass is 10.1. The van der Waals surface area contributed by atoms with Crippen LogP contribution in [0, 0.1) is 5.92 Å². The predicted octanol–water partition coefficient (Wildman–Crippen LogP) is 2.31. The Morgan fingerprint density at radius 3 is 2.58 bits per heavy atom. The number of rotatable bonds is 6. The van der Waals surface area contributed by atoms with Gasteiger partial charge < -0.3 is 0 Å². The fourth-order valence-electron chi connectivity index (χ4n) is 0.552. The van der Waals surface area contributed by atoms with Gasteiger partial charge in [0.05, 0.1) is 12.5 Å². The molecule has 0 saturated heterocycles. The molecule has 0 fully saturated rings. The average molecular weight is 174 g/mol. The van der Waals surface area contributed by atoms with Crippen LogP contribution in [0.3, 0.4) is 0 Å². The van der Waals surface area contributed by atoms with Gasteiger partial charge >= 0.3 is 5.97 Å². The number of unbranched alkanes of at least 4 members (excludes halogenated alkanes) is 1. The van der Waals surface area contributed by atoms with Gasteiger partial charge in [-0.2, -0.15) is 4.89 Å². The maximum atomic E-state index is 11.0. The third-order valence-electron chi connectivity index (χ3n) is 1.74. The Kier molecular flexibility index (Phi) is 6.76. The molecule has 0 radical (unpaired) electrons. The molecule has 0 rings (SSSR count). The van der Waals surface area contributed by atoms with E-state index in [0.717, 1.165) is 19.3 Å². The first-order valence-corrected chi connectivity index (χ1v) is 4.55. The van der Waals surface area contributed by atoms with E-state index >= 15 is 0 Å². The normalized spacial score (nSPS) is 12.6. The molecule has 0 heterocycles. The highest BCUT2D eigenvalue weighted by atomic mass is 17.2. The van der Waals surface area contributed by atoms with Crippen LogP contribution in [-0.2, 0) is 14.6 Å². The summed E-state index contributed by atoms with van der Waals surface area (Å²) in [6.07, 6.45) is 2.75. The minimum absolute atomic E-state index is 0.0633. The lowest BCUT2D eigenvalue weighted by Crippen LogP contribution is -2.14. The van der Waals surface area contributed by atoms with E-state index in [1.54, 1.807) is 0 Å². The molecule has 12 heavy (non-hydrogen) atoms. The lowest BCUT2D eigenvalue weighted by molar-refractivity contribution is -0.276. The molecule has 0 saturated carbocycles. The van der Waals surface area contributed by atoms with E-state index in [1.165, 1.54) is 0 Å². The Morgan fingerprint density at radius 2 is 2.08 bits per heavy atom. The van der Waals surface area contributed by atoms with Crippen LogP contribution >= 0.6 is 0 Å². The summed E-state index contributed by atoms with van der Waals surface area (Å²) < 4.78 is 0. The highest BCUT2D eigenvalue weighted by Gasteiger charge is 2.12. The van der Waals surface area contributed by atoms with Crippen molar-refractivity contribution < 1.29 is 14.6 Å². The summed E-state index contributed by atoms with van der Waals surface area (Å²) >= 11 is 0. The Hall–Kier alpha value is -0.570. The number of carbonyl (C=O) groups is 1. The van der Waals surface area contributed by atoms with Crippen molar-refractivity contribution in [1.29, 1.82) is 0 Å². The summed E-state index contributed by atoms with van der Waals surface area (Å²) in [6, 6.07) is 0. The standard InChI is InChI=1S/C9H18O3/c1-4-6-7-11-12-9(10)8(3)5-2/h8H,4-7H2,1-3H3. The summed E-state index contributed by atoms with van der Waals surface area (Å²) in [5.74, 6) is -0.333. The second-order valence-electron chi connectivity index (χ2n) is 2.89. The highest BCUT2D eigenvalue weighted by Crippen LogP contribution is 2.03. The molecule has 0 aromatic carbocycles. The monoisotopic (exact) mass is 174 g/mol. The zero-order chi connectivity index (χ0) is 9.40. The molecule has 0 amide bonds. The van der Waals surface area contributed by atoms with Gasteiger partial charge in [-0.15, -0.1) is 0 Å². The maximum absolute atomic E-state index is 11.0. The van der Waals surface area contributed by atoms with Gasteiger partial charge in [0.25, 0.3) is 0 Å². The molecule has 3 heteroatoms. The van der Waals surface area contributed by atoms with E-state index < -0.39 is 0 Å².